The molecule has 14 heavy (non-hydrogen) atoms. The van der Waals surface area contributed by atoms with E-state index in [1.165, 1.54) is 0 Å². The lowest BCUT2D eigenvalue weighted by Crippen LogP contribution is -1.66. The molecule has 1 aromatic heterocycles. The van der Waals surface area contributed by atoms with Crippen LogP contribution in [-0.4, -0.2) is 10.1 Å². The van der Waals surface area contributed by atoms with E-state index in [2.05, 4.69) is 4.98 Å². The SMILES string of the molecule is [2H]c1c([2H])c([2H])c2c([nH]c3c([2H])c(O)c([2H])c([2H])c32)c1[2H]. The minimum Gasteiger partial charge on any atom is -0.508 e. The molecule has 0 aliphatic carbocycles. The van der Waals surface area contributed by atoms with Gasteiger partial charge >= 0.3 is 0 Å². The maximum absolute atomic E-state index is 9.68. The largest absolute Gasteiger partial charge is 0.508 e. The number of fused-ring (bicyclic) bond motifs is 3. The predicted molar refractivity (Wildman–Crippen MR) is 57.5 cm³/mol. The molecule has 0 bridgehead atoms. The van der Waals surface area contributed by atoms with Crippen LogP contribution in [0.25, 0.3) is 21.8 Å². The molecule has 1 heterocycles. The number of phenols is 1. The molecule has 0 saturated heterocycles. The van der Waals surface area contributed by atoms with Crippen LogP contribution in [0.15, 0.2) is 42.3 Å². The Kier molecular flexibility index (Phi) is 0.595. The highest BCUT2D eigenvalue weighted by molar-refractivity contribution is 6.07. The van der Waals surface area contributed by atoms with E-state index in [1.807, 2.05) is 0 Å². The molecule has 68 valence electrons. The summed E-state index contributed by atoms with van der Waals surface area (Å²) in [5, 5.41) is 9.78. The summed E-state index contributed by atoms with van der Waals surface area (Å²) in [6, 6.07) is -2.84. The van der Waals surface area contributed by atoms with Gasteiger partial charge < -0.3 is 10.1 Å². The Morgan fingerprint density at radius 1 is 1.00 bits per heavy atom. The molecule has 3 aromatic rings. The molecule has 2 nitrogen and oxygen atoms in total. The van der Waals surface area contributed by atoms with E-state index < -0.39 is 29.9 Å². The number of H-pyrrole nitrogens is 1. The molecule has 0 fully saturated rings. The number of hydrogen-bond acceptors (Lipinski definition) is 1. The van der Waals surface area contributed by atoms with E-state index in [4.69, 9.17) is 9.60 Å². The first-order valence-corrected chi connectivity index (χ1v) is 3.97. The fourth-order valence-corrected chi connectivity index (χ4v) is 1.40. The number of para-hydroxylation sites is 1. The van der Waals surface area contributed by atoms with Crippen molar-refractivity contribution >= 4 is 21.8 Å². The van der Waals surface area contributed by atoms with Gasteiger partial charge in [-0.25, -0.2) is 0 Å². The first-order valence-electron chi connectivity index (χ1n) is 7.47. The number of rotatable bonds is 0. The Bertz CT molecular complexity index is 857. The monoisotopic (exact) mass is 190 g/mol. The van der Waals surface area contributed by atoms with Crippen LogP contribution in [0.3, 0.4) is 0 Å². The Morgan fingerprint density at radius 3 is 2.71 bits per heavy atom. The van der Waals surface area contributed by atoms with Crippen LogP contribution >= 0.6 is 0 Å². The molecule has 0 saturated carbocycles. The van der Waals surface area contributed by atoms with Crippen molar-refractivity contribution in [2.45, 2.75) is 0 Å². The molecule has 0 amide bonds. The molecule has 0 aliphatic heterocycles. The van der Waals surface area contributed by atoms with Crippen LogP contribution in [-0.2, 0) is 0 Å². The van der Waals surface area contributed by atoms with Gasteiger partial charge in [0.2, 0.25) is 0 Å². The van der Waals surface area contributed by atoms with Gasteiger partial charge in [0.15, 0.2) is 0 Å². The lowest BCUT2D eigenvalue weighted by Gasteiger charge is -1.91. The topological polar surface area (TPSA) is 36.0 Å². The third-order valence-electron chi connectivity index (χ3n) is 1.99. The summed E-state index contributed by atoms with van der Waals surface area (Å²) < 4.78 is 54.5. The summed E-state index contributed by atoms with van der Waals surface area (Å²) in [6.07, 6.45) is 0. The third kappa shape index (κ3) is 0.909. The minimum absolute atomic E-state index is 0.0236. The van der Waals surface area contributed by atoms with E-state index in [9.17, 15) is 5.11 Å². The van der Waals surface area contributed by atoms with Gasteiger partial charge in [-0.2, -0.15) is 0 Å². The highest BCUT2D eigenvalue weighted by atomic mass is 16.3. The second-order valence-electron chi connectivity index (χ2n) is 2.85. The van der Waals surface area contributed by atoms with Crippen LogP contribution < -0.4 is 0 Å². The predicted octanol–water partition coefficient (Wildman–Crippen LogP) is 3.03. The fraction of sp³-hybridized carbons (Fsp3) is 0. The van der Waals surface area contributed by atoms with Gasteiger partial charge in [0.05, 0.1) is 15.1 Å². The summed E-state index contributed by atoms with van der Waals surface area (Å²) in [4.78, 5) is 2.67. The van der Waals surface area contributed by atoms with E-state index in [0.29, 0.717) is 0 Å². The Labute approximate surface area is 90.6 Å². The van der Waals surface area contributed by atoms with Crippen molar-refractivity contribution < 1.29 is 14.7 Å². The van der Waals surface area contributed by atoms with Gasteiger partial charge in [-0.05, 0) is 18.1 Å². The average molecular weight is 190 g/mol. The van der Waals surface area contributed by atoms with E-state index in [1.54, 1.807) is 0 Å². The zero-order chi connectivity index (χ0) is 15.6. The number of aromatic amines is 1. The maximum Gasteiger partial charge on any atom is 0.117 e. The van der Waals surface area contributed by atoms with Crippen LogP contribution in [0.4, 0.5) is 0 Å². The molecule has 2 heteroatoms. The highest BCUT2D eigenvalue weighted by Gasteiger charge is 2.02. The van der Waals surface area contributed by atoms with Crippen molar-refractivity contribution in [3.63, 3.8) is 0 Å². The lowest BCUT2D eigenvalue weighted by atomic mass is 10.1. The van der Waals surface area contributed by atoms with Crippen molar-refractivity contribution in [1.82, 2.24) is 4.98 Å². The van der Waals surface area contributed by atoms with Crippen LogP contribution in [0, 0.1) is 0 Å². The van der Waals surface area contributed by atoms with Gasteiger partial charge in [0.25, 0.3) is 0 Å². The van der Waals surface area contributed by atoms with E-state index in [0.717, 1.165) is 0 Å². The molecular weight excluding hydrogens is 174 g/mol. The zero-order valence-electron chi connectivity index (χ0n) is 13.9. The molecular formula is C12H9NO. The number of phenolic OH excluding ortho intramolecular Hbond substituents is 1. The molecule has 0 aliphatic rings. The maximum atomic E-state index is 9.68. The Balaban J connectivity index is 2.73. The summed E-state index contributed by atoms with van der Waals surface area (Å²) in [6.45, 7) is 0. The normalized spacial score (nSPS) is 18.1. The molecule has 2 N–H and O–H groups in total. The fourth-order valence-electron chi connectivity index (χ4n) is 1.40. The molecule has 3 rings (SSSR count). The average Bonchev–Trinajstić information content (AvgIpc) is 2.87. The molecule has 0 unspecified atom stereocenters. The van der Waals surface area contributed by atoms with Crippen LogP contribution in [0.2, 0.25) is 0 Å². The smallest absolute Gasteiger partial charge is 0.117 e. The van der Waals surface area contributed by atoms with Crippen molar-refractivity contribution in [3.05, 3.63) is 42.3 Å². The summed E-state index contributed by atoms with van der Waals surface area (Å²) in [5.41, 5.74) is 0.0819. The number of nitrogens with one attached hydrogen (secondary N) is 1. The summed E-state index contributed by atoms with van der Waals surface area (Å²) in [7, 11) is 0. The van der Waals surface area contributed by atoms with Crippen LogP contribution in [0.5, 0.6) is 5.75 Å². The molecule has 0 spiro atoms. The first kappa shape index (κ1) is 3.31. The van der Waals surface area contributed by atoms with Crippen molar-refractivity contribution in [2.24, 2.45) is 0 Å². The Morgan fingerprint density at radius 2 is 1.79 bits per heavy atom. The number of hydrogen-bond donors (Lipinski definition) is 2. The van der Waals surface area contributed by atoms with Crippen molar-refractivity contribution in [2.75, 3.05) is 0 Å². The first-order chi connectivity index (χ1) is 9.77. The highest BCUT2D eigenvalue weighted by Crippen LogP contribution is 2.27. The second kappa shape index (κ2) is 2.51. The Hall–Kier alpha value is -1.96. The van der Waals surface area contributed by atoms with E-state index >= 15 is 0 Å². The standard InChI is InChI=1S/C12H9NO/c14-8-5-6-10-9-3-1-2-4-11(9)13-12(10)7-8/h1-7,13-14H/i1D,2D,3D,4D,5D,6D,7D. The quantitative estimate of drug-likeness (QED) is 0.561. The summed E-state index contributed by atoms with van der Waals surface area (Å²) in [5.74, 6) is -0.658. The lowest BCUT2D eigenvalue weighted by molar-refractivity contribution is 0.476. The number of aromatic hydroxyl groups is 1. The van der Waals surface area contributed by atoms with Crippen LogP contribution in [0.1, 0.15) is 9.60 Å². The van der Waals surface area contributed by atoms with Gasteiger partial charge in [0.1, 0.15) is 5.75 Å². The van der Waals surface area contributed by atoms with Gasteiger partial charge in [0, 0.05) is 22.3 Å². The number of aromatic nitrogens is 1. The third-order valence-corrected chi connectivity index (χ3v) is 1.99. The molecule has 2 aromatic carbocycles. The molecule has 0 atom stereocenters. The van der Waals surface area contributed by atoms with Gasteiger partial charge in [-0.1, -0.05) is 18.1 Å². The minimum atomic E-state index is -0.658. The van der Waals surface area contributed by atoms with Gasteiger partial charge in [-0.15, -0.1) is 0 Å². The number of benzene rings is 2. The van der Waals surface area contributed by atoms with Gasteiger partial charge in [-0.3, -0.25) is 0 Å². The molecule has 0 radical (unpaired) electrons. The second-order valence-corrected chi connectivity index (χ2v) is 2.85. The summed E-state index contributed by atoms with van der Waals surface area (Å²) >= 11 is 0. The van der Waals surface area contributed by atoms with Crippen molar-refractivity contribution in [3.8, 4) is 5.75 Å². The van der Waals surface area contributed by atoms with E-state index in [-0.39, 0.29) is 39.9 Å². The zero-order valence-corrected chi connectivity index (χ0v) is 6.95. The van der Waals surface area contributed by atoms with Crippen molar-refractivity contribution in [1.29, 1.82) is 0 Å².